The molecule has 1 heterocycles. The van der Waals surface area contributed by atoms with Crippen LogP contribution in [0.5, 0.6) is 0 Å². The zero-order chi connectivity index (χ0) is 34.3. The van der Waals surface area contributed by atoms with Crippen molar-refractivity contribution in [3.8, 4) is 22.3 Å². The second kappa shape index (κ2) is 11.2. The van der Waals surface area contributed by atoms with Crippen LogP contribution in [0.25, 0.3) is 65.3 Å². The summed E-state index contributed by atoms with van der Waals surface area (Å²) < 4.78 is 16.3. The Balaban J connectivity index is 1.30. The summed E-state index contributed by atoms with van der Waals surface area (Å²) in [7, 11) is -5.44. The van der Waals surface area contributed by atoms with Crippen LogP contribution in [0.4, 0.5) is 0 Å². The van der Waals surface area contributed by atoms with Crippen molar-refractivity contribution in [2.45, 2.75) is 13.1 Å². The fourth-order valence-electron chi connectivity index (χ4n) is 8.85. The van der Waals surface area contributed by atoms with Gasteiger partial charge in [0.1, 0.15) is 8.07 Å². The molecule has 0 amide bonds. The highest BCUT2D eigenvalue weighted by molar-refractivity contribution is 7.87. The third-order valence-corrected chi connectivity index (χ3v) is 18.4. The lowest BCUT2D eigenvalue weighted by Crippen LogP contribution is -2.67. The van der Waals surface area contributed by atoms with Gasteiger partial charge in [-0.15, -0.1) is 0 Å². The van der Waals surface area contributed by atoms with E-state index in [1.54, 1.807) is 0 Å². The van der Waals surface area contributed by atoms with Gasteiger partial charge in [0.25, 0.3) is 0 Å². The van der Waals surface area contributed by atoms with Gasteiger partial charge in [0, 0.05) is 15.9 Å². The second-order valence-corrected chi connectivity index (χ2v) is 21.4. The van der Waals surface area contributed by atoms with Crippen LogP contribution >= 0.6 is 7.14 Å². The van der Waals surface area contributed by atoms with Crippen LogP contribution in [-0.4, -0.2) is 8.07 Å². The Morgan fingerprint density at radius 2 is 0.961 bits per heavy atom. The Kier molecular flexibility index (Phi) is 6.68. The van der Waals surface area contributed by atoms with Crippen LogP contribution in [0.3, 0.4) is 0 Å². The first-order valence-corrected chi connectivity index (χ1v) is 22.4. The van der Waals surface area contributed by atoms with Crippen LogP contribution in [0.15, 0.2) is 176 Å². The van der Waals surface area contributed by atoms with Gasteiger partial charge in [0.15, 0.2) is 7.14 Å². The standard InChI is InChI=1S/C48H35OPSi/c1-51(2)45-25-12-11-24-43(45)50(49,36-28-26-32-14-3-4-16-34(32)30-36)44-31-35(27-29-46(44)51)47-39-19-7-9-21-41(39)48(42-22-10-8-20-40(42)47)38-23-13-17-33-15-5-6-18-37(33)38/h3-31H,1-2H3. The highest BCUT2D eigenvalue weighted by Crippen LogP contribution is 2.48. The lowest BCUT2D eigenvalue weighted by atomic mass is 9.85. The molecular formula is C48H35OPSi. The molecule has 10 rings (SSSR count). The maximum Gasteiger partial charge on any atom is 0.170 e. The molecular weight excluding hydrogens is 652 g/mol. The number of benzene rings is 9. The molecule has 1 aliphatic rings. The third-order valence-electron chi connectivity index (χ3n) is 11.3. The molecule has 0 fully saturated rings. The molecule has 0 saturated carbocycles. The SMILES string of the molecule is C[Si]1(C)c2ccccc2P(=O)(c2ccc3ccccc3c2)c2cc(-c3c4ccccc4c(-c4cccc5ccccc45)c4ccccc34)ccc21. The molecule has 0 saturated heterocycles. The lowest BCUT2D eigenvalue weighted by Gasteiger charge is -2.38. The van der Waals surface area contributed by atoms with Gasteiger partial charge >= 0.3 is 0 Å². The smallest absolute Gasteiger partial charge is 0.170 e. The zero-order valence-corrected chi connectivity index (χ0v) is 30.5. The Morgan fingerprint density at radius 1 is 0.412 bits per heavy atom. The summed E-state index contributed by atoms with van der Waals surface area (Å²) in [6.07, 6.45) is 0. The first-order valence-electron chi connectivity index (χ1n) is 17.7. The second-order valence-electron chi connectivity index (χ2n) is 14.4. The monoisotopic (exact) mass is 686 g/mol. The Hall–Kier alpha value is -5.53. The molecule has 1 nitrogen and oxygen atoms in total. The molecule has 1 atom stereocenters. The van der Waals surface area contributed by atoms with Crippen molar-refractivity contribution in [3.05, 3.63) is 176 Å². The molecule has 1 unspecified atom stereocenters. The minimum atomic E-state index is -3.25. The molecule has 51 heavy (non-hydrogen) atoms. The first-order chi connectivity index (χ1) is 24.9. The van der Waals surface area contributed by atoms with Crippen LogP contribution < -0.4 is 26.3 Å². The van der Waals surface area contributed by atoms with E-state index >= 15 is 4.57 Å². The minimum Gasteiger partial charge on any atom is -0.309 e. The molecule has 0 bridgehead atoms. The summed E-state index contributed by atoms with van der Waals surface area (Å²) >= 11 is 0. The quantitative estimate of drug-likeness (QED) is 0.103. The lowest BCUT2D eigenvalue weighted by molar-refractivity contribution is 0.592. The van der Waals surface area contributed by atoms with Gasteiger partial charge in [0.2, 0.25) is 0 Å². The van der Waals surface area contributed by atoms with E-state index in [0.29, 0.717) is 0 Å². The molecule has 9 aromatic carbocycles. The summed E-state index contributed by atoms with van der Waals surface area (Å²) in [5, 5.41) is 15.0. The Labute approximate surface area is 299 Å². The highest BCUT2D eigenvalue weighted by Gasteiger charge is 2.46. The van der Waals surface area contributed by atoms with Gasteiger partial charge in [-0.1, -0.05) is 177 Å². The Morgan fingerprint density at radius 3 is 1.69 bits per heavy atom. The first kappa shape index (κ1) is 30.3. The summed E-state index contributed by atoms with van der Waals surface area (Å²) in [5.41, 5.74) is 4.79. The average Bonchev–Trinajstić information content (AvgIpc) is 3.18. The van der Waals surface area contributed by atoms with Crippen LogP contribution in [0.2, 0.25) is 13.1 Å². The van der Waals surface area contributed by atoms with E-state index in [2.05, 4.69) is 189 Å². The molecule has 0 radical (unpaired) electrons. The van der Waals surface area contributed by atoms with Crippen LogP contribution in [-0.2, 0) is 4.57 Å². The van der Waals surface area contributed by atoms with Crippen molar-refractivity contribution in [1.82, 2.24) is 0 Å². The van der Waals surface area contributed by atoms with Gasteiger partial charge in [-0.05, 0) is 87.8 Å². The average molecular weight is 687 g/mol. The molecule has 9 aromatic rings. The van der Waals surface area contributed by atoms with E-state index in [4.69, 9.17) is 0 Å². The molecule has 3 heteroatoms. The molecule has 0 aliphatic carbocycles. The van der Waals surface area contributed by atoms with Crippen molar-refractivity contribution >= 4 is 84.6 Å². The van der Waals surface area contributed by atoms with E-state index in [-0.39, 0.29) is 0 Å². The maximum atomic E-state index is 16.3. The fourth-order valence-corrected chi connectivity index (χ4v) is 17.1. The topological polar surface area (TPSA) is 17.1 Å². The number of hydrogen-bond donors (Lipinski definition) is 0. The molecule has 242 valence electrons. The Bertz CT molecular complexity index is 2880. The van der Waals surface area contributed by atoms with E-state index in [0.717, 1.165) is 32.2 Å². The zero-order valence-electron chi connectivity index (χ0n) is 28.6. The third kappa shape index (κ3) is 4.37. The van der Waals surface area contributed by atoms with E-state index in [9.17, 15) is 0 Å². The van der Waals surface area contributed by atoms with E-state index in [1.807, 2.05) is 0 Å². The van der Waals surface area contributed by atoms with Crippen molar-refractivity contribution < 1.29 is 4.57 Å². The predicted molar refractivity (Wildman–Crippen MR) is 223 cm³/mol. The van der Waals surface area contributed by atoms with Crippen molar-refractivity contribution in [3.63, 3.8) is 0 Å². The van der Waals surface area contributed by atoms with Crippen LogP contribution in [0.1, 0.15) is 0 Å². The summed E-state index contributed by atoms with van der Waals surface area (Å²) in [4.78, 5) is 0. The molecule has 0 aromatic heterocycles. The van der Waals surface area contributed by atoms with E-state index < -0.39 is 15.2 Å². The van der Waals surface area contributed by atoms with Gasteiger partial charge in [-0.3, -0.25) is 0 Å². The minimum absolute atomic E-state index is 0.901. The summed E-state index contributed by atoms with van der Waals surface area (Å²) in [6.45, 7) is 4.83. The van der Waals surface area contributed by atoms with Gasteiger partial charge in [0.05, 0.1) is 0 Å². The number of rotatable bonds is 3. The largest absolute Gasteiger partial charge is 0.309 e. The highest BCUT2D eigenvalue weighted by atomic mass is 31.2. The molecule has 1 aliphatic heterocycles. The van der Waals surface area contributed by atoms with Crippen molar-refractivity contribution in [1.29, 1.82) is 0 Å². The van der Waals surface area contributed by atoms with Crippen molar-refractivity contribution in [2.24, 2.45) is 0 Å². The van der Waals surface area contributed by atoms with Gasteiger partial charge < -0.3 is 4.57 Å². The maximum absolute atomic E-state index is 16.3. The normalized spacial score (nSPS) is 16.4. The van der Waals surface area contributed by atoms with E-state index in [1.165, 1.54) is 59.4 Å². The summed E-state index contributed by atoms with van der Waals surface area (Å²) in [6, 6.07) is 63.3. The van der Waals surface area contributed by atoms with Crippen LogP contribution in [0, 0.1) is 0 Å². The molecule has 0 spiro atoms. The number of hydrogen-bond acceptors (Lipinski definition) is 1. The van der Waals surface area contributed by atoms with Gasteiger partial charge in [-0.25, -0.2) is 0 Å². The predicted octanol–water partition coefficient (Wildman–Crippen LogP) is 10.4. The molecule has 0 N–H and O–H groups in total. The fraction of sp³-hybridized carbons (Fsp3) is 0.0417. The van der Waals surface area contributed by atoms with Crippen molar-refractivity contribution in [2.75, 3.05) is 0 Å². The number of fused-ring (bicyclic) bond motifs is 6. The van der Waals surface area contributed by atoms with Gasteiger partial charge in [-0.2, -0.15) is 0 Å². The summed E-state index contributed by atoms with van der Waals surface area (Å²) in [5.74, 6) is 0.